The van der Waals surface area contributed by atoms with Gasteiger partial charge in [-0.15, -0.1) is 0 Å². The Kier molecular flexibility index (Phi) is 5.87. The number of benzene rings is 1. The summed E-state index contributed by atoms with van der Waals surface area (Å²) in [6.45, 7) is 2.55. The molecule has 1 N–H and O–H groups in total. The highest BCUT2D eigenvalue weighted by molar-refractivity contribution is 5.73. The molecule has 110 valence electrons. The van der Waals surface area contributed by atoms with Gasteiger partial charge < -0.3 is 9.84 Å². The van der Waals surface area contributed by atoms with E-state index in [0.29, 0.717) is 0 Å². The number of hydrogen-bond acceptors (Lipinski definition) is 3. The van der Waals surface area contributed by atoms with Gasteiger partial charge in [0, 0.05) is 0 Å². The minimum Gasteiger partial charge on any atom is -0.494 e. The maximum absolute atomic E-state index is 11.0. The van der Waals surface area contributed by atoms with Crippen molar-refractivity contribution in [2.45, 2.75) is 38.1 Å². The van der Waals surface area contributed by atoms with Gasteiger partial charge in [-0.05, 0) is 57.3 Å². The Hall–Kier alpha value is -1.55. The molecular weight excluding hydrogens is 254 g/mol. The van der Waals surface area contributed by atoms with E-state index in [4.69, 9.17) is 9.84 Å². The van der Waals surface area contributed by atoms with Crippen molar-refractivity contribution >= 4 is 5.97 Å². The van der Waals surface area contributed by atoms with Gasteiger partial charge >= 0.3 is 5.97 Å². The summed E-state index contributed by atoms with van der Waals surface area (Å²) in [5.74, 6) is 0.243. The lowest BCUT2D eigenvalue weighted by atomic mass is 10.2. The quantitative estimate of drug-likeness (QED) is 0.742. The van der Waals surface area contributed by atoms with Crippen molar-refractivity contribution in [3.05, 3.63) is 30.3 Å². The van der Waals surface area contributed by atoms with Crippen LogP contribution in [0.1, 0.15) is 32.1 Å². The fourth-order valence-electron chi connectivity index (χ4n) is 2.67. The summed E-state index contributed by atoms with van der Waals surface area (Å²) in [6, 6.07) is 9.57. The van der Waals surface area contributed by atoms with Gasteiger partial charge in [0.1, 0.15) is 11.8 Å². The van der Waals surface area contributed by atoms with E-state index in [9.17, 15) is 4.79 Å². The smallest absolute Gasteiger partial charge is 0.320 e. The standard InChI is InChI=1S/C16H23NO3/c18-16(19)15-10-7-12-17(15)11-5-2-6-13-20-14-8-3-1-4-9-14/h1,3-4,8-9,15H,2,5-7,10-13H2,(H,18,19). The van der Waals surface area contributed by atoms with E-state index in [2.05, 4.69) is 4.90 Å². The molecule has 2 rings (SSSR count). The van der Waals surface area contributed by atoms with Gasteiger partial charge in [0.2, 0.25) is 0 Å². The molecular formula is C16H23NO3. The van der Waals surface area contributed by atoms with Crippen LogP contribution < -0.4 is 4.74 Å². The van der Waals surface area contributed by atoms with Gasteiger partial charge in [-0.1, -0.05) is 18.2 Å². The third kappa shape index (κ3) is 4.53. The summed E-state index contributed by atoms with van der Waals surface area (Å²) in [5, 5.41) is 9.09. The van der Waals surface area contributed by atoms with Crippen molar-refractivity contribution in [2.24, 2.45) is 0 Å². The first kappa shape index (κ1) is 14.9. The number of carboxylic acids is 1. The largest absolute Gasteiger partial charge is 0.494 e. The first-order chi connectivity index (χ1) is 9.77. The van der Waals surface area contributed by atoms with Crippen LogP contribution in [0.5, 0.6) is 5.75 Å². The normalized spacial score (nSPS) is 19.1. The molecule has 4 heteroatoms. The van der Waals surface area contributed by atoms with Crippen LogP contribution in [0, 0.1) is 0 Å². The zero-order valence-electron chi connectivity index (χ0n) is 11.8. The third-order valence-corrected chi connectivity index (χ3v) is 3.75. The number of carbonyl (C=O) groups is 1. The lowest BCUT2D eigenvalue weighted by Gasteiger charge is -2.20. The van der Waals surface area contributed by atoms with Gasteiger partial charge in [-0.25, -0.2) is 0 Å². The summed E-state index contributed by atoms with van der Waals surface area (Å²) in [7, 11) is 0. The van der Waals surface area contributed by atoms with Crippen molar-refractivity contribution in [1.29, 1.82) is 0 Å². The predicted molar refractivity (Wildman–Crippen MR) is 78.0 cm³/mol. The van der Waals surface area contributed by atoms with Crippen LogP contribution in [0.3, 0.4) is 0 Å². The van der Waals surface area contributed by atoms with Crippen molar-refractivity contribution in [2.75, 3.05) is 19.7 Å². The second kappa shape index (κ2) is 7.90. The Bertz CT molecular complexity index is 407. The number of unbranched alkanes of at least 4 members (excludes halogenated alkanes) is 2. The first-order valence-corrected chi connectivity index (χ1v) is 7.42. The molecule has 0 saturated carbocycles. The molecule has 0 spiro atoms. The van der Waals surface area contributed by atoms with Crippen LogP contribution in [0.2, 0.25) is 0 Å². The Morgan fingerprint density at radius 3 is 2.80 bits per heavy atom. The molecule has 1 aliphatic heterocycles. The van der Waals surface area contributed by atoms with Crippen LogP contribution in [0.4, 0.5) is 0 Å². The Morgan fingerprint density at radius 1 is 1.25 bits per heavy atom. The van der Waals surface area contributed by atoms with Crippen LogP contribution in [0.15, 0.2) is 30.3 Å². The number of ether oxygens (including phenoxy) is 1. The fraction of sp³-hybridized carbons (Fsp3) is 0.562. The molecule has 0 bridgehead atoms. The molecule has 1 saturated heterocycles. The zero-order chi connectivity index (χ0) is 14.2. The molecule has 0 radical (unpaired) electrons. The summed E-state index contributed by atoms with van der Waals surface area (Å²) in [6.07, 6.45) is 4.94. The van der Waals surface area contributed by atoms with Crippen LogP contribution in [-0.4, -0.2) is 41.7 Å². The van der Waals surface area contributed by atoms with E-state index < -0.39 is 5.97 Å². The minimum absolute atomic E-state index is 0.254. The topological polar surface area (TPSA) is 49.8 Å². The Balaban J connectivity index is 1.54. The van der Waals surface area contributed by atoms with Gasteiger partial charge in [0.25, 0.3) is 0 Å². The maximum atomic E-state index is 11.0. The molecule has 1 aliphatic rings. The number of hydrogen-bond donors (Lipinski definition) is 1. The highest BCUT2D eigenvalue weighted by Crippen LogP contribution is 2.18. The molecule has 1 fully saturated rings. The molecule has 1 aromatic rings. The van der Waals surface area contributed by atoms with E-state index in [1.54, 1.807) is 0 Å². The van der Waals surface area contributed by atoms with Gasteiger partial charge in [-0.2, -0.15) is 0 Å². The molecule has 0 amide bonds. The van der Waals surface area contributed by atoms with Gasteiger partial charge in [0.05, 0.1) is 6.61 Å². The lowest BCUT2D eigenvalue weighted by molar-refractivity contribution is -0.142. The number of aliphatic carboxylic acids is 1. The second-order valence-corrected chi connectivity index (χ2v) is 5.25. The van der Waals surface area contributed by atoms with Crippen molar-refractivity contribution in [1.82, 2.24) is 4.90 Å². The number of para-hydroxylation sites is 1. The highest BCUT2D eigenvalue weighted by atomic mass is 16.5. The Morgan fingerprint density at radius 2 is 2.05 bits per heavy atom. The summed E-state index contributed by atoms with van der Waals surface area (Å²) in [5.41, 5.74) is 0. The molecule has 1 heterocycles. The first-order valence-electron chi connectivity index (χ1n) is 7.42. The number of rotatable bonds is 8. The van der Waals surface area contributed by atoms with Gasteiger partial charge in [-0.3, -0.25) is 9.69 Å². The van der Waals surface area contributed by atoms with Crippen molar-refractivity contribution < 1.29 is 14.6 Å². The summed E-state index contributed by atoms with van der Waals surface area (Å²) in [4.78, 5) is 13.1. The average molecular weight is 277 g/mol. The molecule has 1 unspecified atom stereocenters. The predicted octanol–water partition coefficient (Wildman–Crippen LogP) is 2.78. The molecule has 0 aromatic heterocycles. The summed E-state index contributed by atoms with van der Waals surface area (Å²) < 4.78 is 5.63. The van der Waals surface area contributed by atoms with Gasteiger partial charge in [0.15, 0.2) is 0 Å². The SMILES string of the molecule is O=C(O)C1CCCN1CCCCCOc1ccccc1. The second-order valence-electron chi connectivity index (χ2n) is 5.25. The van der Waals surface area contributed by atoms with E-state index >= 15 is 0 Å². The number of likely N-dealkylation sites (tertiary alicyclic amines) is 1. The van der Waals surface area contributed by atoms with E-state index in [0.717, 1.165) is 57.6 Å². The van der Waals surface area contributed by atoms with E-state index in [1.165, 1.54) is 0 Å². The number of nitrogens with zero attached hydrogens (tertiary/aromatic N) is 1. The van der Waals surface area contributed by atoms with Crippen molar-refractivity contribution in [3.8, 4) is 5.75 Å². The molecule has 4 nitrogen and oxygen atoms in total. The Labute approximate surface area is 120 Å². The average Bonchev–Trinajstić information content (AvgIpc) is 2.92. The monoisotopic (exact) mass is 277 g/mol. The fourth-order valence-corrected chi connectivity index (χ4v) is 2.67. The molecule has 1 aromatic carbocycles. The minimum atomic E-state index is -0.671. The number of carboxylic acid groups (broad SMARTS) is 1. The van der Waals surface area contributed by atoms with E-state index in [1.807, 2.05) is 30.3 Å². The third-order valence-electron chi connectivity index (χ3n) is 3.75. The van der Waals surface area contributed by atoms with Crippen LogP contribution in [0.25, 0.3) is 0 Å². The lowest BCUT2D eigenvalue weighted by Crippen LogP contribution is -2.36. The van der Waals surface area contributed by atoms with Crippen LogP contribution >= 0.6 is 0 Å². The molecule has 1 atom stereocenters. The zero-order valence-corrected chi connectivity index (χ0v) is 11.8. The maximum Gasteiger partial charge on any atom is 0.320 e. The highest BCUT2D eigenvalue weighted by Gasteiger charge is 2.29. The van der Waals surface area contributed by atoms with Crippen molar-refractivity contribution in [3.63, 3.8) is 0 Å². The van der Waals surface area contributed by atoms with Crippen LogP contribution in [-0.2, 0) is 4.79 Å². The molecule has 0 aliphatic carbocycles. The van der Waals surface area contributed by atoms with E-state index in [-0.39, 0.29) is 6.04 Å². The summed E-state index contributed by atoms with van der Waals surface area (Å²) >= 11 is 0. The molecule has 20 heavy (non-hydrogen) atoms.